The summed E-state index contributed by atoms with van der Waals surface area (Å²) in [6, 6.07) is 0. The molecule has 13 heteroatoms. The number of carbonyl (C=O) groups is 1. The van der Waals surface area contributed by atoms with Crippen molar-refractivity contribution in [3.05, 3.63) is 43.0 Å². The maximum absolute atomic E-state index is 10.8. The molecule has 27 heavy (non-hydrogen) atoms. The highest BCUT2D eigenvalue weighted by Gasteiger charge is 2.29. The molecule has 0 fully saturated rings. The average Bonchev–Trinajstić information content (AvgIpc) is 3.11. The number of nitrogens with zero attached hydrogens (tertiary/aromatic N) is 6. The van der Waals surface area contributed by atoms with Crippen LogP contribution in [0.4, 0.5) is 11.4 Å². The highest BCUT2D eigenvalue weighted by molar-refractivity contribution is 5.90. The van der Waals surface area contributed by atoms with E-state index in [1.165, 1.54) is 11.6 Å². The summed E-state index contributed by atoms with van der Waals surface area (Å²) in [5, 5.41) is 46.5. The van der Waals surface area contributed by atoms with Crippen LogP contribution in [0.5, 0.6) is 0 Å². The van der Waals surface area contributed by atoms with E-state index in [1.54, 1.807) is 13.8 Å². The van der Waals surface area contributed by atoms with Crippen LogP contribution in [0.3, 0.4) is 0 Å². The summed E-state index contributed by atoms with van der Waals surface area (Å²) >= 11 is 0. The van der Waals surface area contributed by atoms with Gasteiger partial charge in [0.15, 0.2) is 0 Å². The third-order valence-electron chi connectivity index (χ3n) is 3.61. The molecule has 148 valence electrons. The number of hydrogen-bond donors (Lipinski definition) is 2. The average molecular weight is 384 g/mol. The summed E-state index contributed by atoms with van der Waals surface area (Å²) in [6.07, 6.45) is 0. The molecule has 0 unspecified atom stereocenters. The Hall–Kier alpha value is -3.35. The Morgan fingerprint density at radius 2 is 1.44 bits per heavy atom. The molecule has 0 aliphatic rings. The van der Waals surface area contributed by atoms with Crippen LogP contribution in [-0.4, -0.2) is 45.6 Å². The molecule has 13 nitrogen and oxygen atoms in total. The van der Waals surface area contributed by atoms with Crippen molar-refractivity contribution >= 4 is 17.3 Å². The smallest absolute Gasteiger partial charge is 0.361 e. The molecule has 0 spiro atoms. The van der Waals surface area contributed by atoms with Gasteiger partial charge in [-0.05, 0) is 27.7 Å². The van der Waals surface area contributed by atoms with Gasteiger partial charge in [0.05, 0.1) is 16.5 Å². The van der Waals surface area contributed by atoms with Crippen molar-refractivity contribution in [1.29, 1.82) is 0 Å². The van der Waals surface area contributed by atoms with Gasteiger partial charge in [-0.25, -0.2) is 4.79 Å². The number of aromatic carboxylic acids is 1. The molecule has 2 rings (SSSR count). The molecule has 0 amide bonds. The maximum atomic E-state index is 10.8. The van der Waals surface area contributed by atoms with Crippen molar-refractivity contribution in [1.82, 2.24) is 19.6 Å². The lowest BCUT2D eigenvalue weighted by Crippen LogP contribution is -2.10. The standard InChI is InChI=1S/C7H9N3O4.C7H11N3O3/c1-3-9-6(7(11)12)5(10(13)14)4(2)8-9;1-3-9-6(4-11)7(10(12)13)5(2)8-9/h3H2,1-2H3,(H,11,12);11H,3-4H2,1-2H3. The highest BCUT2D eigenvalue weighted by atomic mass is 16.6. The van der Waals surface area contributed by atoms with Crippen LogP contribution in [0.25, 0.3) is 0 Å². The Balaban J connectivity index is 0.000000271. The second kappa shape index (κ2) is 8.84. The zero-order chi connectivity index (χ0) is 20.9. The lowest BCUT2D eigenvalue weighted by atomic mass is 10.3. The number of rotatable bonds is 6. The summed E-state index contributed by atoms with van der Waals surface area (Å²) in [6.45, 7) is 6.91. The third kappa shape index (κ3) is 4.44. The summed E-state index contributed by atoms with van der Waals surface area (Å²) in [4.78, 5) is 30.7. The van der Waals surface area contributed by atoms with E-state index in [2.05, 4.69) is 10.2 Å². The molecule has 0 bridgehead atoms. The lowest BCUT2D eigenvalue weighted by Gasteiger charge is -1.98. The molecule has 0 radical (unpaired) electrons. The van der Waals surface area contributed by atoms with E-state index in [-0.39, 0.29) is 35.9 Å². The van der Waals surface area contributed by atoms with Gasteiger partial charge in [-0.1, -0.05) is 0 Å². The number of nitro groups is 2. The molecule has 0 saturated carbocycles. The van der Waals surface area contributed by atoms with Crippen molar-refractivity contribution in [2.75, 3.05) is 0 Å². The van der Waals surface area contributed by atoms with Crippen LogP contribution in [0.2, 0.25) is 0 Å². The van der Waals surface area contributed by atoms with Crippen LogP contribution in [0.1, 0.15) is 41.4 Å². The number of carboxylic acids is 1. The third-order valence-corrected chi connectivity index (χ3v) is 3.61. The minimum absolute atomic E-state index is 0.0793. The lowest BCUT2D eigenvalue weighted by molar-refractivity contribution is -0.386. The zero-order valence-corrected chi connectivity index (χ0v) is 15.2. The molecule has 0 aliphatic heterocycles. The summed E-state index contributed by atoms with van der Waals surface area (Å²) in [7, 11) is 0. The molecule has 2 N–H and O–H groups in total. The van der Waals surface area contributed by atoms with Crippen molar-refractivity contribution in [2.24, 2.45) is 0 Å². The van der Waals surface area contributed by atoms with E-state index < -0.39 is 21.5 Å². The van der Waals surface area contributed by atoms with E-state index in [4.69, 9.17) is 10.2 Å². The zero-order valence-electron chi connectivity index (χ0n) is 15.2. The molecule has 2 heterocycles. The van der Waals surface area contributed by atoms with Gasteiger partial charge in [0.1, 0.15) is 17.1 Å². The maximum Gasteiger partial charge on any atom is 0.361 e. The molecule has 0 aliphatic carbocycles. The first-order valence-corrected chi connectivity index (χ1v) is 7.87. The van der Waals surface area contributed by atoms with Gasteiger partial charge >= 0.3 is 17.3 Å². The van der Waals surface area contributed by atoms with Crippen LogP contribution < -0.4 is 0 Å². The molecule has 2 aromatic rings. The van der Waals surface area contributed by atoms with Crippen molar-refractivity contribution < 1.29 is 24.9 Å². The molecular weight excluding hydrogens is 364 g/mol. The Labute approximate surface area is 153 Å². The molecule has 2 aromatic heterocycles. The molecule has 0 atom stereocenters. The number of aromatic nitrogens is 4. The van der Waals surface area contributed by atoms with E-state index in [1.807, 2.05) is 6.92 Å². The monoisotopic (exact) mass is 384 g/mol. The Bertz CT molecular complexity index is 870. The van der Waals surface area contributed by atoms with Gasteiger partial charge in [0.2, 0.25) is 5.69 Å². The van der Waals surface area contributed by atoms with Crippen LogP contribution in [-0.2, 0) is 19.7 Å². The van der Waals surface area contributed by atoms with Gasteiger partial charge < -0.3 is 10.2 Å². The van der Waals surface area contributed by atoms with E-state index >= 15 is 0 Å². The van der Waals surface area contributed by atoms with E-state index in [0.717, 1.165) is 4.68 Å². The number of aliphatic hydroxyl groups is 1. The van der Waals surface area contributed by atoms with Gasteiger partial charge in [-0.2, -0.15) is 10.2 Å². The SMILES string of the molecule is CCn1nc(C)c([N+](=O)[O-])c1C(=O)O.CCn1nc(C)c([N+](=O)[O-])c1CO. The van der Waals surface area contributed by atoms with Gasteiger partial charge in [-0.3, -0.25) is 29.6 Å². The predicted molar refractivity (Wildman–Crippen MR) is 91.5 cm³/mol. The Morgan fingerprint density at radius 1 is 1.00 bits per heavy atom. The summed E-state index contributed by atoms with van der Waals surface area (Å²) in [5.74, 6) is -1.33. The fourth-order valence-electron chi connectivity index (χ4n) is 2.51. The first-order chi connectivity index (χ1) is 12.6. The minimum atomic E-state index is -1.33. The van der Waals surface area contributed by atoms with Crippen LogP contribution >= 0.6 is 0 Å². The first-order valence-electron chi connectivity index (χ1n) is 7.87. The Kier molecular flexibility index (Phi) is 7.10. The second-order valence-corrected chi connectivity index (χ2v) is 5.27. The minimum Gasteiger partial charge on any atom is -0.476 e. The quantitative estimate of drug-likeness (QED) is 0.550. The summed E-state index contributed by atoms with van der Waals surface area (Å²) in [5.41, 5.74) is -0.145. The van der Waals surface area contributed by atoms with Gasteiger partial charge in [0, 0.05) is 13.1 Å². The highest BCUT2D eigenvalue weighted by Crippen LogP contribution is 2.23. The number of hydrogen-bond acceptors (Lipinski definition) is 8. The van der Waals surface area contributed by atoms with E-state index in [0.29, 0.717) is 12.2 Å². The van der Waals surface area contributed by atoms with Crippen molar-refractivity contribution in [2.45, 2.75) is 47.4 Å². The van der Waals surface area contributed by atoms with Gasteiger partial charge in [-0.15, -0.1) is 0 Å². The fourth-order valence-corrected chi connectivity index (χ4v) is 2.51. The predicted octanol–water partition coefficient (Wildman–Crippen LogP) is 1.43. The topological polar surface area (TPSA) is 179 Å². The fraction of sp³-hybridized carbons (Fsp3) is 0.500. The van der Waals surface area contributed by atoms with Crippen LogP contribution in [0.15, 0.2) is 0 Å². The Morgan fingerprint density at radius 3 is 1.81 bits per heavy atom. The number of aryl methyl sites for hydroxylation is 4. The molecule has 0 saturated heterocycles. The number of aliphatic hydroxyl groups excluding tert-OH is 1. The normalized spacial score (nSPS) is 10.3. The largest absolute Gasteiger partial charge is 0.476 e. The van der Waals surface area contributed by atoms with Gasteiger partial charge in [0.25, 0.3) is 0 Å². The molecule has 0 aromatic carbocycles. The second-order valence-electron chi connectivity index (χ2n) is 5.27. The number of carboxylic acid groups (broad SMARTS) is 1. The first kappa shape index (κ1) is 21.7. The van der Waals surface area contributed by atoms with Crippen molar-refractivity contribution in [3.8, 4) is 0 Å². The van der Waals surface area contributed by atoms with Crippen LogP contribution in [0, 0.1) is 34.1 Å². The van der Waals surface area contributed by atoms with E-state index in [9.17, 15) is 25.0 Å². The summed E-state index contributed by atoms with van der Waals surface area (Å²) < 4.78 is 2.54. The molecular formula is C14H20N6O7. The van der Waals surface area contributed by atoms with Crippen molar-refractivity contribution in [3.63, 3.8) is 0 Å².